The van der Waals surface area contributed by atoms with Crippen molar-refractivity contribution in [2.24, 2.45) is 5.92 Å². The van der Waals surface area contributed by atoms with Gasteiger partial charge in [0, 0.05) is 17.7 Å². The minimum atomic E-state index is -4.59. The fourth-order valence-corrected chi connectivity index (χ4v) is 3.95. The van der Waals surface area contributed by atoms with E-state index in [0.29, 0.717) is 16.1 Å². The van der Waals surface area contributed by atoms with Gasteiger partial charge >= 0.3 is 12.1 Å². The van der Waals surface area contributed by atoms with Crippen LogP contribution in [0.25, 0.3) is 5.65 Å². The third-order valence-corrected chi connectivity index (χ3v) is 5.45. The topological polar surface area (TPSA) is 56.5 Å². The Balaban J connectivity index is 1.90. The number of unbranched alkanes of at least 4 members (excludes halogenated alkanes) is 1. The van der Waals surface area contributed by atoms with E-state index >= 15 is 0 Å². The summed E-state index contributed by atoms with van der Waals surface area (Å²) >= 11 is 0. The summed E-state index contributed by atoms with van der Waals surface area (Å²) in [4.78, 5) is 16.3. The van der Waals surface area contributed by atoms with E-state index < -0.39 is 17.8 Å². The number of halogens is 3. The number of fused-ring (bicyclic) bond motifs is 1. The van der Waals surface area contributed by atoms with E-state index in [4.69, 9.17) is 4.74 Å². The summed E-state index contributed by atoms with van der Waals surface area (Å²) in [5.74, 6) is -0.0866. The standard InChI is InChI=1S/C20H26F3N3O2/c1-3-5-6-13-7-9-14(10-8-13)15-11-17(20(21,22)23)26-18(24-15)12-16(25-26)19(27)28-4-2/h11-14H,3-10H2,1-2H3. The molecule has 2 aromatic rings. The first-order valence-corrected chi connectivity index (χ1v) is 9.98. The summed E-state index contributed by atoms with van der Waals surface area (Å²) in [7, 11) is 0. The average Bonchev–Trinajstić information content (AvgIpc) is 3.09. The highest BCUT2D eigenvalue weighted by Gasteiger charge is 2.36. The van der Waals surface area contributed by atoms with Crippen LogP contribution in [0.1, 0.15) is 86.6 Å². The number of aromatic nitrogens is 3. The molecule has 28 heavy (non-hydrogen) atoms. The first-order valence-electron chi connectivity index (χ1n) is 9.98. The fraction of sp³-hybridized carbons (Fsp3) is 0.650. The second-order valence-corrected chi connectivity index (χ2v) is 7.44. The molecule has 1 fully saturated rings. The molecule has 0 N–H and O–H groups in total. The summed E-state index contributed by atoms with van der Waals surface area (Å²) in [5.41, 5.74) is -0.610. The highest BCUT2D eigenvalue weighted by atomic mass is 19.4. The van der Waals surface area contributed by atoms with E-state index in [1.54, 1.807) is 6.92 Å². The first kappa shape index (κ1) is 20.6. The van der Waals surface area contributed by atoms with Crippen molar-refractivity contribution in [3.8, 4) is 0 Å². The van der Waals surface area contributed by atoms with Crippen molar-refractivity contribution < 1.29 is 22.7 Å². The van der Waals surface area contributed by atoms with Gasteiger partial charge < -0.3 is 4.74 Å². The van der Waals surface area contributed by atoms with Gasteiger partial charge in [0.1, 0.15) is 5.69 Å². The van der Waals surface area contributed by atoms with E-state index in [0.717, 1.165) is 38.2 Å². The van der Waals surface area contributed by atoms with E-state index in [1.807, 2.05) is 0 Å². The molecule has 0 amide bonds. The Morgan fingerprint density at radius 1 is 1.21 bits per heavy atom. The monoisotopic (exact) mass is 397 g/mol. The van der Waals surface area contributed by atoms with Crippen molar-refractivity contribution in [2.75, 3.05) is 6.61 Å². The van der Waals surface area contributed by atoms with Gasteiger partial charge in [-0.2, -0.15) is 18.3 Å². The zero-order valence-corrected chi connectivity index (χ0v) is 16.3. The second kappa shape index (κ2) is 8.49. The molecule has 0 spiro atoms. The van der Waals surface area contributed by atoms with Crippen LogP contribution >= 0.6 is 0 Å². The van der Waals surface area contributed by atoms with Crippen molar-refractivity contribution in [3.63, 3.8) is 0 Å². The molecule has 1 aliphatic rings. The zero-order chi connectivity index (χ0) is 20.3. The largest absolute Gasteiger partial charge is 0.461 e. The summed E-state index contributed by atoms with van der Waals surface area (Å²) in [6, 6.07) is 2.36. The molecule has 0 bridgehead atoms. The van der Waals surface area contributed by atoms with Crippen molar-refractivity contribution in [1.29, 1.82) is 0 Å². The molecular formula is C20H26F3N3O2. The molecule has 154 valence electrons. The van der Waals surface area contributed by atoms with E-state index in [-0.39, 0.29) is 23.9 Å². The van der Waals surface area contributed by atoms with Crippen LogP contribution in [0.3, 0.4) is 0 Å². The zero-order valence-electron chi connectivity index (χ0n) is 16.3. The van der Waals surface area contributed by atoms with Gasteiger partial charge in [-0.3, -0.25) is 0 Å². The van der Waals surface area contributed by atoms with Crippen LogP contribution in [0.5, 0.6) is 0 Å². The predicted octanol–water partition coefficient (Wildman–Crippen LogP) is 5.39. The Bertz CT molecular complexity index is 824. The lowest BCUT2D eigenvalue weighted by molar-refractivity contribution is -0.142. The van der Waals surface area contributed by atoms with E-state index in [9.17, 15) is 18.0 Å². The van der Waals surface area contributed by atoms with Crippen LogP contribution in [0, 0.1) is 5.92 Å². The molecule has 1 saturated carbocycles. The van der Waals surface area contributed by atoms with Gasteiger partial charge in [0.25, 0.3) is 0 Å². The molecule has 3 rings (SSSR count). The number of rotatable bonds is 6. The molecular weight excluding hydrogens is 371 g/mol. The summed E-state index contributed by atoms with van der Waals surface area (Å²) < 4.78 is 46.4. The quantitative estimate of drug-likeness (QED) is 0.614. The minimum absolute atomic E-state index is 0.00456. The first-order chi connectivity index (χ1) is 13.3. The van der Waals surface area contributed by atoms with Gasteiger partial charge in [0.05, 0.1) is 6.61 Å². The van der Waals surface area contributed by atoms with Crippen LogP contribution in [-0.4, -0.2) is 27.2 Å². The fourth-order valence-electron chi connectivity index (χ4n) is 3.95. The SMILES string of the molecule is CCCCC1CCC(c2cc(C(F)(F)F)n3nc(C(=O)OCC)cc3n2)CC1. The van der Waals surface area contributed by atoms with Gasteiger partial charge in [-0.1, -0.05) is 26.2 Å². The Morgan fingerprint density at radius 2 is 1.93 bits per heavy atom. The Kier molecular flexibility index (Phi) is 6.25. The molecule has 8 heteroatoms. The van der Waals surface area contributed by atoms with Crippen molar-refractivity contribution in [1.82, 2.24) is 14.6 Å². The van der Waals surface area contributed by atoms with Gasteiger partial charge in [-0.15, -0.1) is 0 Å². The molecule has 0 unspecified atom stereocenters. The molecule has 2 aromatic heterocycles. The second-order valence-electron chi connectivity index (χ2n) is 7.44. The van der Waals surface area contributed by atoms with Gasteiger partial charge in [-0.25, -0.2) is 14.3 Å². The van der Waals surface area contributed by atoms with Gasteiger partial charge in [0.15, 0.2) is 11.3 Å². The van der Waals surface area contributed by atoms with Crippen molar-refractivity contribution in [3.05, 3.63) is 29.2 Å². The normalized spacial score (nSPS) is 20.5. The van der Waals surface area contributed by atoms with Crippen molar-refractivity contribution >= 4 is 11.6 Å². The number of hydrogen-bond donors (Lipinski definition) is 0. The maximum absolute atomic E-state index is 13.6. The Hall–Kier alpha value is -2.12. The van der Waals surface area contributed by atoms with Crippen LogP contribution in [-0.2, 0) is 10.9 Å². The molecule has 5 nitrogen and oxygen atoms in total. The predicted molar refractivity (Wildman–Crippen MR) is 98.2 cm³/mol. The molecule has 0 saturated heterocycles. The number of nitrogens with zero attached hydrogens (tertiary/aromatic N) is 3. The van der Waals surface area contributed by atoms with E-state index in [1.165, 1.54) is 18.9 Å². The van der Waals surface area contributed by atoms with Gasteiger partial charge in [-0.05, 0) is 44.6 Å². The smallest absolute Gasteiger partial charge is 0.433 e. The third-order valence-electron chi connectivity index (χ3n) is 5.45. The highest BCUT2D eigenvalue weighted by Crippen LogP contribution is 2.39. The molecule has 0 radical (unpaired) electrons. The average molecular weight is 397 g/mol. The van der Waals surface area contributed by atoms with Gasteiger partial charge in [0.2, 0.25) is 0 Å². The summed E-state index contributed by atoms with van der Waals surface area (Å²) in [6.45, 7) is 3.92. The number of alkyl halides is 3. The highest BCUT2D eigenvalue weighted by molar-refractivity contribution is 5.88. The van der Waals surface area contributed by atoms with Crippen LogP contribution < -0.4 is 0 Å². The van der Waals surface area contributed by atoms with Crippen LogP contribution in [0.4, 0.5) is 13.2 Å². The number of ether oxygens (including phenoxy) is 1. The third kappa shape index (κ3) is 4.47. The molecule has 0 aliphatic heterocycles. The minimum Gasteiger partial charge on any atom is -0.461 e. The number of carbonyl (C=O) groups excluding carboxylic acids is 1. The van der Waals surface area contributed by atoms with Crippen LogP contribution in [0.15, 0.2) is 12.1 Å². The summed E-state index contributed by atoms with van der Waals surface area (Å²) in [6.07, 6.45) is 2.68. The maximum Gasteiger partial charge on any atom is 0.433 e. The molecule has 1 aliphatic carbocycles. The lowest BCUT2D eigenvalue weighted by atomic mass is 9.78. The molecule has 0 atom stereocenters. The van der Waals surface area contributed by atoms with Crippen molar-refractivity contribution in [2.45, 2.75) is 70.9 Å². The van der Waals surface area contributed by atoms with Crippen LogP contribution in [0.2, 0.25) is 0 Å². The Labute approximate surface area is 162 Å². The molecule has 2 heterocycles. The number of hydrogen-bond acceptors (Lipinski definition) is 4. The lowest BCUT2D eigenvalue weighted by Crippen LogP contribution is -2.18. The maximum atomic E-state index is 13.6. The molecule has 0 aromatic carbocycles. The number of carbonyl (C=O) groups is 1. The summed E-state index contributed by atoms with van der Waals surface area (Å²) in [5, 5.41) is 3.79. The Morgan fingerprint density at radius 3 is 2.54 bits per heavy atom. The number of esters is 1. The lowest BCUT2D eigenvalue weighted by Gasteiger charge is -2.28. The van der Waals surface area contributed by atoms with E-state index in [2.05, 4.69) is 17.0 Å².